The molecule has 1 heterocycles. The van der Waals surface area contributed by atoms with Crippen LogP contribution in [0.25, 0.3) is 0 Å². The Morgan fingerprint density at radius 2 is 2.30 bits per heavy atom. The molecule has 1 aliphatic heterocycles. The normalized spacial score (nSPS) is 19.6. The first-order valence-corrected chi connectivity index (χ1v) is 7.22. The number of benzene rings is 1. The first-order chi connectivity index (χ1) is 9.13. The van der Waals surface area contributed by atoms with Crippen molar-refractivity contribution in [2.75, 3.05) is 20.1 Å². The van der Waals surface area contributed by atoms with Crippen molar-refractivity contribution in [2.45, 2.75) is 31.7 Å². The van der Waals surface area contributed by atoms with Gasteiger partial charge in [-0.05, 0) is 44.5 Å². The minimum atomic E-state index is -0.129. The van der Waals surface area contributed by atoms with Crippen molar-refractivity contribution in [3.05, 3.63) is 34.9 Å². The van der Waals surface area contributed by atoms with Crippen LogP contribution in [0, 0.1) is 0 Å². The minimum Gasteiger partial charge on any atom is -0.338 e. The van der Waals surface area contributed by atoms with Gasteiger partial charge < -0.3 is 10.2 Å². The number of likely N-dealkylation sites (tertiary alicyclic amines) is 1. The molecule has 1 saturated heterocycles. The summed E-state index contributed by atoms with van der Waals surface area (Å²) in [5.41, 5.74) is 0.993. The van der Waals surface area contributed by atoms with Gasteiger partial charge in [-0.25, -0.2) is 0 Å². The molecule has 1 N–H and O–H groups in total. The van der Waals surface area contributed by atoms with E-state index in [2.05, 4.69) is 5.32 Å². The summed E-state index contributed by atoms with van der Waals surface area (Å²) in [7, 11) is 1.93. The van der Waals surface area contributed by atoms with E-state index in [9.17, 15) is 4.79 Å². The van der Waals surface area contributed by atoms with Crippen LogP contribution in [-0.2, 0) is 4.79 Å². The van der Waals surface area contributed by atoms with Gasteiger partial charge in [-0.2, -0.15) is 0 Å². The number of carbonyl (C=O) groups excluding carboxylic acids is 1. The maximum absolute atomic E-state index is 12.6. The molecular weight excluding hydrogens is 295 g/mol. The van der Waals surface area contributed by atoms with E-state index in [0.717, 1.165) is 31.5 Å². The standard InChI is InChI=1S/C15H21ClN2O.ClH/c1-11(12-5-3-6-13(16)9-12)15(19)18-8-4-7-14(18)10-17-2;/h3,5-6,9,11,14,17H,4,7-8,10H2,1-2H3;1H. The van der Waals surface area contributed by atoms with Gasteiger partial charge in [-0.3, -0.25) is 4.79 Å². The fourth-order valence-corrected chi connectivity index (χ4v) is 2.94. The van der Waals surface area contributed by atoms with E-state index in [1.807, 2.05) is 43.1 Å². The fourth-order valence-electron chi connectivity index (χ4n) is 2.74. The highest BCUT2D eigenvalue weighted by atomic mass is 35.5. The van der Waals surface area contributed by atoms with Crippen LogP contribution in [0.2, 0.25) is 5.02 Å². The third kappa shape index (κ3) is 3.87. The average Bonchev–Trinajstić information content (AvgIpc) is 2.86. The Hall–Kier alpha value is -0.770. The molecule has 0 saturated carbocycles. The molecule has 3 nitrogen and oxygen atoms in total. The molecule has 1 amide bonds. The molecule has 1 aromatic rings. The molecule has 2 atom stereocenters. The van der Waals surface area contributed by atoms with Crippen molar-refractivity contribution in [1.29, 1.82) is 0 Å². The fraction of sp³-hybridized carbons (Fsp3) is 0.533. The summed E-state index contributed by atoms with van der Waals surface area (Å²) in [6.45, 7) is 3.70. The molecule has 2 unspecified atom stereocenters. The summed E-state index contributed by atoms with van der Waals surface area (Å²) in [6.07, 6.45) is 2.19. The van der Waals surface area contributed by atoms with E-state index in [1.54, 1.807) is 0 Å². The first-order valence-electron chi connectivity index (χ1n) is 6.84. The van der Waals surface area contributed by atoms with Crippen molar-refractivity contribution in [3.63, 3.8) is 0 Å². The molecule has 0 spiro atoms. The Kier molecular flexibility index (Phi) is 6.80. The summed E-state index contributed by atoms with van der Waals surface area (Å²) < 4.78 is 0. The zero-order valence-electron chi connectivity index (χ0n) is 11.9. The molecule has 1 aliphatic rings. The van der Waals surface area contributed by atoms with Crippen LogP contribution in [0.4, 0.5) is 0 Å². The summed E-state index contributed by atoms with van der Waals surface area (Å²) >= 11 is 6.00. The Morgan fingerprint density at radius 3 is 2.95 bits per heavy atom. The van der Waals surface area contributed by atoms with Gasteiger partial charge in [0.1, 0.15) is 0 Å². The molecule has 0 radical (unpaired) electrons. The molecule has 1 aromatic carbocycles. The van der Waals surface area contributed by atoms with Gasteiger partial charge in [0.25, 0.3) is 0 Å². The van der Waals surface area contributed by atoms with Crippen LogP contribution in [0.15, 0.2) is 24.3 Å². The lowest BCUT2D eigenvalue weighted by Crippen LogP contribution is -2.42. The topological polar surface area (TPSA) is 32.3 Å². The van der Waals surface area contributed by atoms with Gasteiger partial charge >= 0.3 is 0 Å². The van der Waals surface area contributed by atoms with Crippen LogP contribution in [-0.4, -0.2) is 37.0 Å². The number of likely N-dealkylation sites (N-methyl/N-ethyl adjacent to an activating group) is 1. The van der Waals surface area contributed by atoms with Gasteiger partial charge in [0.2, 0.25) is 5.91 Å². The van der Waals surface area contributed by atoms with Crippen LogP contribution in [0.5, 0.6) is 0 Å². The molecule has 112 valence electrons. The predicted molar refractivity (Wildman–Crippen MR) is 85.8 cm³/mol. The number of nitrogens with one attached hydrogen (secondary N) is 1. The number of amides is 1. The monoisotopic (exact) mass is 316 g/mol. The van der Waals surface area contributed by atoms with Crippen LogP contribution >= 0.6 is 24.0 Å². The Balaban J connectivity index is 0.00000200. The van der Waals surface area contributed by atoms with Gasteiger partial charge in [-0.15, -0.1) is 12.4 Å². The number of carbonyl (C=O) groups is 1. The van der Waals surface area contributed by atoms with Crippen LogP contribution in [0.1, 0.15) is 31.2 Å². The number of hydrogen-bond donors (Lipinski definition) is 1. The number of hydrogen-bond acceptors (Lipinski definition) is 2. The van der Waals surface area contributed by atoms with Crippen molar-refractivity contribution in [2.24, 2.45) is 0 Å². The van der Waals surface area contributed by atoms with Gasteiger partial charge in [0.15, 0.2) is 0 Å². The SMILES string of the molecule is CNCC1CCCN1C(=O)C(C)c1cccc(Cl)c1.Cl. The van der Waals surface area contributed by atoms with E-state index in [-0.39, 0.29) is 24.2 Å². The van der Waals surface area contributed by atoms with Gasteiger partial charge in [0.05, 0.1) is 5.92 Å². The molecular formula is C15H22Cl2N2O. The van der Waals surface area contributed by atoms with E-state index in [4.69, 9.17) is 11.6 Å². The molecule has 20 heavy (non-hydrogen) atoms. The molecule has 5 heteroatoms. The maximum atomic E-state index is 12.6. The lowest BCUT2D eigenvalue weighted by atomic mass is 9.99. The third-order valence-electron chi connectivity index (χ3n) is 3.82. The molecule has 2 rings (SSSR count). The predicted octanol–water partition coefficient (Wildman–Crippen LogP) is 3.08. The molecule has 0 bridgehead atoms. The number of nitrogens with zero attached hydrogens (tertiary/aromatic N) is 1. The Labute approximate surface area is 132 Å². The second-order valence-electron chi connectivity index (χ2n) is 5.16. The van der Waals surface area contributed by atoms with E-state index in [0.29, 0.717) is 11.1 Å². The zero-order chi connectivity index (χ0) is 13.8. The third-order valence-corrected chi connectivity index (χ3v) is 4.05. The van der Waals surface area contributed by atoms with Crippen LogP contribution < -0.4 is 5.32 Å². The van der Waals surface area contributed by atoms with E-state index in [1.165, 1.54) is 0 Å². The highest BCUT2D eigenvalue weighted by Gasteiger charge is 2.31. The summed E-state index contributed by atoms with van der Waals surface area (Å²) in [5.74, 6) is 0.0798. The highest BCUT2D eigenvalue weighted by molar-refractivity contribution is 6.30. The Bertz CT molecular complexity index is 453. The Morgan fingerprint density at radius 1 is 1.55 bits per heavy atom. The maximum Gasteiger partial charge on any atom is 0.230 e. The zero-order valence-corrected chi connectivity index (χ0v) is 13.5. The van der Waals surface area contributed by atoms with Crippen molar-refractivity contribution >= 4 is 29.9 Å². The highest BCUT2D eigenvalue weighted by Crippen LogP contribution is 2.25. The molecule has 1 fully saturated rings. The quantitative estimate of drug-likeness (QED) is 0.925. The van der Waals surface area contributed by atoms with Gasteiger partial charge in [-0.1, -0.05) is 23.7 Å². The van der Waals surface area contributed by atoms with Crippen molar-refractivity contribution in [1.82, 2.24) is 10.2 Å². The van der Waals surface area contributed by atoms with E-state index >= 15 is 0 Å². The second kappa shape index (κ2) is 7.87. The first kappa shape index (κ1) is 17.3. The molecule has 0 aliphatic carbocycles. The summed E-state index contributed by atoms with van der Waals surface area (Å²) in [6, 6.07) is 7.92. The lowest BCUT2D eigenvalue weighted by Gasteiger charge is -2.27. The minimum absolute atomic E-state index is 0. The van der Waals surface area contributed by atoms with E-state index < -0.39 is 0 Å². The molecule has 0 aromatic heterocycles. The smallest absolute Gasteiger partial charge is 0.230 e. The second-order valence-corrected chi connectivity index (χ2v) is 5.60. The number of halogens is 2. The summed E-state index contributed by atoms with van der Waals surface area (Å²) in [4.78, 5) is 14.6. The van der Waals surface area contributed by atoms with Crippen molar-refractivity contribution < 1.29 is 4.79 Å². The average molecular weight is 317 g/mol. The summed E-state index contributed by atoms with van der Waals surface area (Å²) in [5, 5.41) is 3.85. The largest absolute Gasteiger partial charge is 0.338 e. The van der Waals surface area contributed by atoms with Crippen LogP contribution in [0.3, 0.4) is 0 Å². The lowest BCUT2D eigenvalue weighted by molar-refractivity contribution is -0.133. The van der Waals surface area contributed by atoms with Crippen molar-refractivity contribution in [3.8, 4) is 0 Å². The number of rotatable bonds is 4. The van der Waals surface area contributed by atoms with Gasteiger partial charge in [0, 0.05) is 24.2 Å².